The van der Waals surface area contributed by atoms with Crippen LogP contribution in [0, 0.1) is 11.8 Å². The van der Waals surface area contributed by atoms with Crippen molar-refractivity contribution in [3.05, 3.63) is 48.5 Å². The molecule has 0 bridgehead atoms. The molecular weight excluding hydrogens is 1300 g/mol. The van der Waals surface area contributed by atoms with E-state index in [1.54, 1.807) is 14.0 Å². The maximum atomic E-state index is 13.0. The molecule has 6 amide bonds. The molecule has 0 aromatic carbocycles. The molecule has 5 aliphatic rings. The van der Waals surface area contributed by atoms with Gasteiger partial charge in [-0.15, -0.1) is 0 Å². The predicted octanol–water partition coefficient (Wildman–Crippen LogP) is 7.19. The van der Waals surface area contributed by atoms with Gasteiger partial charge in [-0.05, 0) is 114 Å². The first-order valence-corrected chi connectivity index (χ1v) is 37.9. The summed E-state index contributed by atoms with van der Waals surface area (Å²) < 4.78 is 37.6. The van der Waals surface area contributed by atoms with Crippen molar-refractivity contribution in [3.8, 4) is 0 Å². The van der Waals surface area contributed by atoms with Crippen molar-refractivity contribution in [2.24, 2.45) is 17.6 Å². The van der Waals surface area contributed by atoms with E-state index < -0.39 is 12.0 Å². The summed E-state index contributed by atoms with van der Waals surface area (Å²) >= 11 is 3.85. The number of hydrogen-bond acceptors (Lipinski definition) is 19. The normalized spacial score (nSPS) is 21.2. The second-order valence-corrected chi connectivity index (χ2v) is 28.0. The molecule has 11 unspecified atom stereocenters. The minimum atomic E-state index is -0.463. The third-order valence-electron chi connectivity index (χ3n) is 18.1. The molecule has 5 aliphatic heterocycles. The fourth-order valence-corrected chi connectivity index (χ4v) is 15.5. The van der Waals surface area contributed by atoms with Crippen LogP contribution >= 0.6 is 23.5 Å². The van der Waals surface area contributed by atoms with Gasteiger partial charge in [0.1, 0.15) is 17.9 Å². The Hall–Kier alpha value is -5.23. The average molecular weight is 1420 g/mol. The Labute approximate surface area is 591 Å². The van der Waals surface area contributed by atoms with Crippen molar-refractivity contribution >= 4 is 76.8 Å². The molecule has 0 spiro atoms. The number of rotatable bonds is 52. The van der Waals surface area contributed by atoms with Crippen LogP contribution in [0.4, 0.5) is 9.59 Å². The Kier molecular flexibility index (Phi) is 44.3. The number of urea groups is 2. The molecule has 0 saturated carbocycles. The molecule has 0 radical (unpaired) electrons. The van der Waals surface area contributed by atoms with Gasteiger partial charge in [0.15, 0.2) is 11.6 Å². The zero-order valence-electron chi connectivity index (χ0n) is 58.3. The number of thioether (sulfide) groups is 2. The standard InChI is InChI=1S/C35H57N5O7S.C29H48N4O6S.C6H11NO2.CH4/c1-3-26(34(43)36-2)32-29-13-10-16-40(29)23-27(37-32)30(42)14-7-9-18-46-20-22-47-21-19-45-17-8-6-12-25(41)11-4-5-15-31-33-28(24-48-31)38-35(44)39-33;30-24(21-33-13-5-6-14-33)26(35)11-4-8-16-38-18-20-39-19-17-37-15-7-3-10-23(34)9-1-2-12-27-28-25(22-40-27)31-29(36)32-28;1-3-5(4-8)6(9)7-2;/h10,13,16,26-28,31-33,37H,3-9,11-12,14-15,17-24H2,1-2H3,(H,36,43)(H2,38,39,44);5-6,13-14,24-25,27-28H,1-4,7-12,15-22,30H2,(H2,31,32,36);4-5H,3H2,1-2H3,(H,7,9);1H4. The molecule has 0 aliphatic carbocycles. The molecule has 11 atom stereocenters. The van der Waals surface area contributed by atoms with Gasteiger partial charge >= 0.3 is 12.1 Å². The summed E-state index contributed by atoms with van der Waals surface area (Å²) in [5.41, 5.74) is 7.03. The molecule has 27 heteroatoms. The van der Waals surface area contributed by atoms with Gasteiger partial charge in [-0.25, -0.2) is 9.59 Å². The number of Topliss-reactive ketones (excluding diaryl/α,β-unsaturated/α-hetero) is 4. The lowest BCUT2D eigenvalue weighted by molar-refractivity contribution is -0.129. The lowest BCUT2D eigenvalue weighted by atomic mass is 9.90. The number of fused-ring (bicyclic) bond motifs is 3. The van der Waals surface area contributed by atoms with Gasteiger partial charge in [0, 0.05) is 138 Å². The van der Waals surface area contributed by atoms with Crippen molar-refractivity contribution in [3.63, 3.8) is 0 Å². The second-order valence-electron chi connectivity index (χ2n) is 25.4. The average Bonchev–Trinajstić information content (AvgIpc) is 1.55. The Morgan fingerprint density at radius 1 is 0.571 bits per heavy atom. The van der Waals surface area contributed by atoms with E-state index in [0.717, 1.165) is 107 Å². The number of nitrogens with zero attached hydrogens (tertiary/aromatic N) is 2. The lowest BCUT2D eigenvalue weighted by Crippen LogP contribution is -2.51. The number of hydrogen-bond donors (Lipinski definition) is 8. The first kappa shape index (κ1) is 85.2. The van der Waals surface area contributed by atoms with E-state index in [9.17, 15) is 43.2 Å². The van der Waals surface area contributed by atoms with Gasteiger partial charge in [0.05, 0.1) is 107 Å². The Morgan fingerprint density at radius 3 is 1.44 bits per heavy atom. The molecule has 98 heavy (non-hydrogen) atoms. The summed E-state index contributed by atoms with van der Waals surface area (Å²) in [5, 5.41) is 21.5. The molecule has 7 heterocycles. The summed E-state index contributed by atoms with van der Waals surface area (Å²) in [7, 11) is 3.18. The Morgan fingerprint density at radius 2 is 1.01 bits per heavy atom. The molecule has 7 rings (SSSR count). The van der Waals surface area contributed by atoms with Crippen molar-refractivity contribution in [2.45, 2.75) is 228 Å². The summed E-state index contributed by atoms with van der Waals surface area (Å²) in [6.07, 6.45) is 23.8. The van der Waals surface area contributed by atoms with Crippen molar-refractivity contribution in [1.29, 1.82) is 0 Å². The number of aldehydes is 1. The number of unbranched alkanes of at least 4 members (excludes halogenated alkanes) is 6. The Balaban J connectivity index is 0.000000370. The highest BCUT2D eigenvalue weighted by atomic mass is 32.2. The number of nitrogens with one attached hydrogen (secondary N) is 7. The van der Waals surface area contributed by atoms with Crippen LogP contribution in [-0.2, 0) is 75.1 Å². The highest BCUT2D eigenvalue weighted by Crippen LogP contribution is 2.35. The van der Waals surface area contributed by atoms with Crippen LogP contribution in [0.2, 0.25) is 0 Å². The van der Waals surface area contributed by atoms with Crippen LogP contribution in [0.25, 0.3) is 0 Å². The second kappa shape index (κ2) is 51.0. The first-order chi connectivity index (χ1) is 47.2. The van der Waals surface area contributed by atoms with Crippen molar-refractivity contribution < 1.29 is 71.6 Å². The molecule has 25 nitrogen and oxygen atoms in total. The maximum Gasteiger partial charge on any atom is 0.315 e. The van der Waals surface area contributed by atoms with Gasteiger partial charge < -0.3 is 80.0 Å². The lowest BCUT2D eigenvalue weighted by Gasteiger charge is -2.36. The molecule has 2 aromatic rings. The zero-order chi connectivity index (χ0) is 69.8. The molecule has 9 N–H and O–H groups in total. The van der Waals surface area contributed by atoms with E-state index in [0.29, 0.717) is 172 Å². The molecule has 2 aromatic heterocycles. The van der Waals surface area contributed by atoms with Gasteiger partial charge in [0.2, 0.25) is 11.8 Å². The van der Waals surface area contributed by atoms with E-state index in [4.69, 9.17) is 34.2 Å². The number of aromatic nitrogens is 2. The number of carbonyl (C=O) groups is 9. The zero-order valence-corrected chi connectivity index (χ0v) is 59.9. The summed E-state index contributed by atoms with van der Waals surface area (Å²) in [5.74, 6) is 1.96. The largest absolute Gasteiger partial charge is 0.379 e. The smallest absolute Gasteiger partial charge is 0.315 e. The van der Waals surface area contributed by atoms with Crippen LogP contribution in [0.15, 0.2) is 42.9 Å². The highest BCUT2D eigenvalue weighted by molar-refractivity contribution is 8.00. The topological polar surface area (TPSA) is 329 Å². The summed E-state index contributed by atoms with van der Waals surface area (Å²) in [6.45, 7) is 11.5. The highest BCUT2D eigenvalue weighted by Gasteiger charge is 2.44. The van der Waals surface area contributed by atoms with Crippen LogP contribution in [-0.4, -0.2) is 214 Å². The van der Waals surface area contributed by atoms with Gasteiger partial charge in [-0.3, -0.25) is 34.1 Å². The van der Waals surface area contributed by atoms with Gasteiger partial charge in [0.25, 0.3) is 0 Å². The van der Waals surface area contributed by atoms with E-state index in [1.165, 1.54) is 7.05 Å². The number of ether oxygens (including phenoxy) is 6. The number of carbonyl (C=O) groups excluding carboxylic acids is 9. The third kappa shape index (κ3) is 32.6. The minimum absolute atomic E-state index is 0. The van der Waals surface area contributed by atoms with E-state index in [2.05, 4.69) is 41.8 Å². The van der Waals surface area contributed by atoms with E-state index >= 15 is 0 Å². The van der Waals surface area contributed by atoms with Crippen molar-refractivity contribution in [2.75, 3.05) is 105 Å². The van der Waals surface area contributed by atoms with Crippen LogP contribution in [0.1, 0.15) is 174 Å². The quantitative estimate of drug-likeness (QED) is 0.0141. The Bertz CT molecular complexity index is 2600. The number of amides is 6. The SMILES string of the molecule is C.CCC(C(=O)NC)C1NC(C(=O)CCCCOCCOCCOCCCCC(=O)CCCCC2SCC3NC(=O)NC32)Cn2cccc21.CCC(C=O)C(=O)NC.NC(Cn1cccc1)C(=O)CCCCOCCOCCOCCCCC(=O)CCCCC1SCC2NC(=O)NC21. The minimum Gasteiger partial charge on any atom is -0.379 e. The van der Waals surface area contributed by atoms with Crippen LogP contribution in [0.3, 0.4) is 0 Å². The molecular formula is C71H120N10O15S2. The van der Waals surface area contributed by atoms with Gasteiger partial charge in [-0.1, -0.05) is 34.1 Å². The fourth-order valence-electron chi connectivity index (χ4n) is 12.4. The molecule has 556 valence electrons. The predicted molar refractivity (Wildman–Crippen MR) is 383 cm³/mol. The van der Waals surface area contributed by atoms with Crippen LogP contribution < -0.4 is 43.0 Å². The van der Waals surface area contributed by atoms with Crippen molar-refractivity contribution in [1.82, 2.24) is 46.4 Å². The summed E-state index contributed by atoms with van der Waals surface area (Å²) in [4.78, 5) is 106. The molecule has 4 saturated heterocycles. The van der Waals surface area contributed by atoms with Gasteiger partial charge in [-0.2, -0.15) is 23.5 Å². The van der Waals surface area contributed by atoms with Crippen LogP contribution in [0.5, 0.6) is 0 Å². The molecule has 4 fully saturated rings. The third-order valence-corrected chi connectivity index (χ3v) is 21.1. The van der Waals surface area contributed by atoms with E-state index in [-0.39, 0.29) is 85.0 Å². The number of ketones is 4. The maximum absolute atomic E-state index is 13.0. The summed E-state index contributed by atoms with van der Waals surface area (Å²) in [6, 6.07) is 7.82. The monoisotopic (exact) mass is 1420 g/mol. The van der Waals surface area contributed by atoms with E-state index in [1.807, 2.05) is 77.9 Å². The number of nitrogens with two attached hydrogens (primary N) is 1. The fraction of sp³-hybridized carbons (Fsp3) is 0.761. The first-order valence-electron chi connectivity index (χ1n) is 35.8.